The standard InChI is InChI=1S/C28H24FN3O5/c1-18-2-4-20(5-3-18)15-32(28(34)21-8-11-25-26(12-21)36-17-35-25)16-23-13-24(31-37-23)27(33)30-14-19-6-9-22(29)10-7-19/h2-13H,14-17H2,1H3,(H,30,33). The Kier molecular flexibility index (Phi) is 6.85. The van der Waals surface area contributed by atoms with Crippen LogP contribution in [0.4, 0.5) is 4.39 Å². The molecule has 0 radical (unpaired) electrons. The summed E-state index contributed by atoms with van der Waals surface area (Å²) >= 11 is 0. The first-order chi connectivity index (χ1) is 17.9. The van der Waals surface area contributed by atoms with Crippen LogP contribution in [0.5, 0.6) is 11.5 Å². The van der Waals surface area contributed by atoms with Crippen molar-refractivity contribution in [2.24, 2.45) is 0 Å². The van der Waals surface area contributed by atoms with E-state index >= 15 is 0 Å². The lowest BCUT2D eigenvalue weighted by atomic mass is 10.1. The van der Waals surface area contributed by atoms with E-state index in [-0.39, 0.29) is 37.3 Å². The van der Waals surface area contributed by atoms with E-state index in [4.69, 9.17) is 14.0 Å². The van der Waals surface area contributed by atoms with Gasteiger partial charge in [-0.25, -0.2) is 4.39 Å². The topological polar surface area (TPSA) is 93.9 Å². The highest BCUT2D eigenvalue weighted by Gasteiger charge is 2.23. The van der Waals surface area contributed by atoms with Crippen molar-refractivity contribution < 1.29 is 28.0 Å². The number of halogens is 1. The predicted octanol–water partition coefficient (Wildman–Crippen LogP) is 4.62. The fourth-order valence-corrected chi connectivity index (χ4v) is 3.88. The van der Waals surface area contributed by atoms with Crippen LogP contribution in [0.1, 0.15) is 43.3 Å². The van der Waals surface area contributed by atoms with Gasteiger partial charge in [-0.3, -0.25) is 9.59 Å². The number of ether oxygens (including phenoxy) is 2. The quantitative estimate of drug-likeness (QED) is 0.379. The Labute approximate surface area is 212 Å². The molecule has 2 amide bonds. The maximum atomic E-state index is 13.5. The van der Waals surface area contributed by atoms with Crippen LogP contribution in [0, 0.1) is 12.7 Å². The van der Waals surface area contributed by atoms with E-state index in [1.54, 1.807) is 35.2 Å². The second-order valence-electron chi connectivity index (χ2n) is 8.70. The number of hydrogen-bond donors (Lipinski definition) is 1. The highest BCUT2D eigenvalue weighted by molar-refractivity contribution is 5.95. The molecule has 0 saturated carbocycles. The first kappa shape index (κ1) is 24.1. The molecule has 0 fully saturated rings. The average Bonchev–Trinajstić information content (AvgIpc) is 3.58. The Morgan fingerprint density at radius 3 is 2.43 bits per heavy atom. The van der Waals surface area contributed by atoms with Gasteiger partial charge < -0.3 is 24.2 Å². The Bertz CT molecular complexity index is 1420. The molecule has 1 aliphatic heterocycles. The number of fused-ring (bicyclic) bond motifs is 1. The third-order valence-corrected chi connectivity index (χ3v) is 5.91. The molecule has 2 heterocycles. The Morgan fingerprint density at radius 1 is 0.919 bits per heavy atom. The lowest BCUT2D eigenvalue weighted by Crippen LogP contribution is -2.30. The maximum Gasteiger partial charge on any atom is 0.273 e. The minimum Gasteiger partial charge on any atom is -0.454 e. The van der Waals surface area contributed by atoms with Crippen LogP contribution in [0.2, 0.25) is 0 Å². The molecule has 8 nitrogen and oxygen atoms in total. The molecule has 0 bridgehead atoms. The fraction of sp³-hybridized carbons (Fsp3) is 0.179. The van der Waals surface area contributed by atoms with Gasteiger partial charge in [0.15, 0.2) is 23.0 Å². The second-order valence-corrected chi connectivity index (χ2v) is 8.70. The van der Waals surface area contributed by atoms with Crippen molar-refractivity contribution in [3.63, 3.8) is 0 Å². The van der Waals surface area contributed by atoms with Crippen LogP contribution in [0.3, 0.4) is 0 Å². The SMILES string of the molecule is Cc1ccc(CN(Cc2cc(C(=O)NCc3ccc(F)cc3)no2)C(=O)c2ccc3c(c2)OCO3)cc1. The molecule has 37 heavy (non-hydrogen) atoms. The molecule has 5 rings (SSSR count). The molecule has 4 aromatic rings. The molecular weight excluding hydrogens is 477 g/mol. The van der Waals surface area contributed by atoms with Gasteiger partial charge in [-0.2, -0.15) is 0 Å². The zero-order valence-electron chi connectivity index (χ0n) is 20.1. The maximum absolute atomic E-state index is 13.5. The number of hydrogen-bond acceptors (Lipinski definition) is 6. The molecule has 0 atom stereocenters. The van der Waals surface area contributed by atoms with E-state index in [2.05, 4.69) is 10.5 Å². The highest BCUT2D eigenvalue weighted by atomic mass is 19.1. The van der Waals surface area contributed by atoms with Crippen molar-refractivity contribution in [1.29, 1.82) is 0 Å². The predicted molar refractivity (Wildman–Crippen MR) is 131 cm³/mol. The molecule has 1 aliphatic rings. The lowest BCUT2D eigenvalue weighted by Gasteiger charge is -2.22. The number of rotatable bonds is 8. The van der Waals surface area contributed by atoms with Crippen molar-refractivity contribution in [2.75, 3.05) is 6.79 Å². The van der Waals surface area contributed by atoms with Gasteiger partial charge in [-0.05, 0) is 48.4 Å². The number of nitrogens with zero attached hydrogens (tertiary/aromatic N) is 2. The number of aromatic nitrogens is 1. The smallest absolute Gasteiger partial charge is 0.273 e. The van der Waals surface area contributed by atoms with Crippen molar-refractivity contribution in [2.45, 2.75) is 26.6 Å². The summed E-state index contributed by atoms with van der Waals surface area (Å²) < 4.78 is 29.3. The normalized spacial score (nSPS) is 11.8. The number of amides is 2. The number of aryl methyl sites for hydroxylation is 1. The van der Waals surface area contributed by atoms with E-state index in [9.17, 15) is 14.0 Å². The number of carbonyl (C=O) groups excluding carboxylic acids is 2. The van der Waals surface area contributed by atoms with Crippen molar-refractivity contribution in [1.82, 2.24) is 15.4 Å². The summed E-state index contributed by atoms with van der Waals surface area (Å²) in [7, 11) is 0. The summed E-state index contributed by atoms with van der Waals surface area (Å²) in [5.41, 5.74) is 3.33. The summed E-state index contributed by atoms with van der Waals surface area (Å²) in [6.45, 7) is 2.74. The second kappa shape index (κ2) is 10.5. The Morgan fingerprint density at radius 2 is 1.65 bits per heavy atom. The number of benzene rings is 3. The molecule has 0 unspecified atom stereocenters. The van der Waals surface area contributed by atoms with Gasteiger partial charge in [0.05, 0.1) is 6.54 Å². The highest BCUT2D eigenvalue weighted by Crippen LogP contribution is 2.33. The molecule has 9 heteroatoms. The fourth-order valence-electron chi connectivity index (χ4n) is 3.88. The largest absolute Gasteiger partial charge is 0.454 e. The van der Waals surface area contributed by atoms with E-state index in [0.29, 0.717) is 29.4 Å². The molecule has 0 saturated heterocycles. The third-order valence-electron chi connectivity index (χ3n) is 5.91. The molecule has 0 aliphatic carbocycles. The summed E-state index contributed by atoms with van der Waals surface area (Å²) in [5.74, 6) is 0.438. The van der Waals surface area contributed by atoms with Gasteiger partial charge in [0.25, 0.3) is 11.8 Å². The van der Waals surface area contributed by atoms with E-state index in [1.807, 2.05) is 31.2 Å². The summed E-state index contributed by atoms with van der Waals surface area (Å²) in [6.07, 6.45) is 0. The summed E-state index contributed by atoms with van der Waals surface area (Å²) in [5, 5.41) is 6.60. The van der Waals surface area contributed by atoms with E-state index in [1.165, 1.54) is 18.2 Å². The van der Waals surface area contributed by atoms with Crippen LogP contribution in [-0.2, 0) is 19.6 Å². The van der Waals surface area contributed by atoms with Crippen molar-refractivity contribution >= 4 is 11.8 Å². The number of carbonyl (C=O) groups is 2. The molecule has 3 aromatic carbocycles. The van der Waals surface area contributed by atoms with Gasteiger partial charge in [0, 0.05) is 24.7 Å². The minimum atomic E-state index is -0.438. The van der Waals surface area contributed by atoms with Gasteiger partial charge in [0.2, 0.25) is 6.79 Å². The minimum absolute atomic E-state index is 0.0860. The van der Waals surface area contributed by atoms with Gasteiger partial charge >= 0.3 is 0 Å². The van der Waals surface area contributed by atoms with Crippen molar-refractivity contribution in [3.05, 3.63) is 112 Å². The van der Waals surface area contributed by atoms with Gasteiger partial charge in [-0.1, -0.05) is 47.1 Å². The zero-order chi connectivity index (χ0) is 25.8. The summed E-state index contributed by atoms with van der Waals surface area (Å²) in [6, 6.07) is 20.3. The van der Waals surface area contributed by atoms with E-state index < -0.39 is 5.91 Å². The molecule has 1 N–H and O–H groups in total. The molecular formula is C28H24FN3O5. The van der Waals surface area contributed by atoms with E-state index in [0.717, 1.165) is 16.7 Å². The van der Waals surface area contributed by atoms with Crippen LogP contribution >= 0.6 is 0 Å². The first-order valence-corrected chi connectivity index (χ1v) is 11.7. The zero-order valence-corrected chi connectivity index (χ0v) is 20.1. The van der Waals surface area contributed by atoms with Crippen LogP contribution in [0.25, 0.3) is 0 Å². The molecule has 188 valence electrons. The monoisotopic (exact) mass is 501 g/mol. The van der Waals surface area contributed by atoms with Crippen molar-refractivity contribution in [3.8, 4) is 11.5 Å². The number of nitrogens with one attached hydrogen (secondary N) is 1. The molecule has 0 spiro atoms. The van der Waals surface area contributed by atoms with Gasteiger partial charge in [0.1, 0.15) is 5.82 Å². The molecule has 1 aromatic heterocycles. The third kappa shape index (κ3) is 5.78. The Hall–Kier alpha value is -4.66. The average molecular weight is 502 g/mol. The van der Waals surface area contributed by atoms with Crippen LogP contribution in [0.15, 0.2) is 77.3 Å². The van der Waals surface area contributed by atoms with Crippen LogP contribution < -0.4 is 14.8 Å². The summed E-state index contributed by atoms with van der Waals surface area (Å²) in [4.78, 5) is 27.7. The van der Waals surface area contributed by atoms with Gasteiger partial charge in [-0.15, -0.1) is 0 Å². The van der Waals surface area contributed by atoms with Crippen LogP contribution in [-0.4, -0.2) is 28.7 Å². The Balaban J connectivity index is 1.31. The first-order valence-electron chi connectivity index (χ1n) is 11.7. The lowest BCUT2D eigenvalue weighted by molar-refractivity contribution is 0.0712.